The molecule has 0 radical (unpaired) electrons. The van der Waals surface area contributed by atoms with Gasteiger partial charge in [0.2, 0.25) is 0 Å². The molecule has 0 saturated carbocycles. The summed E-state index contributed by atoms with van der Waals surface area (Å²) in [5.41, 5.74) is 0.269. The zero-order valence-corrected chi connectivity index (χ0v) is 9.72. The highest BCUT2D eigenvalue weighted by atomic mass is 35.5. The molecular formula is C11H11Cl2NO. The van der Waals surface area contributed by atoms with Gasteiger partial charge >= 0.3 is 0 Å². The lowest BCUT2D eigenvalue weighted by Gasteiger charge is -2.33. The molecule has 0 aliphatic heterocycles. The number of alkyl halides is 1. The first kappa shape index (κ1) is 10.8. The summed E-state index contributed by atoms with van der Waals surface area (Å²) in [6.45, 7) is 0. The molecule has 2 atom stereocenters. The molecule has 2 nitrogen and oxygen atoms in total. The van der Waals surface area contributed by atoms with Gasteiger partial charge in [0.1, 0.15) is 5.60 Å². The summed E-state index contributed by atoms with van der Waals surface area (Å²) in [6.07, 6.45) is 7.28. The average molecular weight is 244 g/mol. The molecular weight excluding hydrogens is 233 g/mol. The zero-order valence-electron chi connectivity index (χ0n) is 8.21. The summed E-state index contributed by atoms with van der Waals surface area (Å²) in [4.78, 5) is 3.11. The maximum Gasteiger partial charge on any atom is 0.146 e. The Hall–Kier alpha value is -0.700. The Morgan fingerprint density at radius 1 is 1.53 bits per heavy atom. The fraction of sp³-hybridized carbons (Fsp3) is 0.273. The van der Waals surface area contributed by atoms with E-state index in [2.05, 4.69) is 4.98 Å². The second-order valence-electron chi connectivity index (χ2n) is 3.37. The Kier molecular flexibility index (Phi) is 2.91. The van der Waals surface area contributed by atoms with Gasteiger partial charge < -0.3 is 9.72 Å². The minimum absolute atomic E-state index is 0.321. The van der Waals surface area contributed by atoms with E-state index in [1.165, 1.54) is 0 Å². The van der Waals surface area contributed by atoms with Crippen LogP contribution in [-0.2, 0) is 10.3 Å². The van der Waals surface area contributed by atoms with E-state index in [4.69, 9.17) is 27.9 Å². The van der Waals surface area contributed by atoms with Crippen molar-refractivity contribution in [3.8, 4) is 0 Å². The summed E-state index contributed by atoms with van der Waals surface area (Å²) >= 11 is 12.2. The van der Waals surface area contributed by atoms with Crippen LogP contribution in [0.15, 0.2) is 41.6 Å². The lowest BCUT2D eigenvalue weighted by Crippen LogP contribution is -2.37. The van der Waals surface area contributed by atoms with Gasteiger partial charge in [-0.05, 0) is 30.4 Å². The van der Waals surface area contributed by atoms with Crippen molar-refractivity contribution in [1.82, 2.24) is 4.98 Å². The maximum atomic E-state index is 6.27. The number of aromatic nitrogens is 1. The molecule has 0 spiro atoms. The number of hydrogen-bond acceptors (Lipinski definition) is 1. The van der Waals surface area contributed by atoms with E-state index in [1.807, 2.05) is 24.4 Å². The Morgan fingerprint density at radius 3 is 2.87 bits per heavy atom. The van der Waals surface area contributed by atoms with E-state index in [0.717, 1.165) is 5.69 Å². The van der Waals surface area contributed by atoms with Crippen LogP contribution in [0.5, 0.6) is 0 Å². The third-order valence-electron chi connectivity index (χ3n) is 2.56. The predicted molar refractivity (Wildman–Crippen MR) is 62.2 cm³/mol. The van der Waals surface area contributed by atoms with E-state index in [1.54, 1.807) is 19.3 Å². The predicted octanol–water partition coefficient (Wildman–Crippen LogP) is 3.16. The molecule has 0 bridgehead atoms. The van der Waals surface area contributed by atoms with Crippen LogP contribution in [0.2, 0.25) is 0 Å². The van der Waals surface area contributed by atoms with Gasteiger partial charge in [-0.1, -0.05) is 11.6 Å². The van der Waals surface area contributed by atoms with Gasteiger partial charge in [0.15, 0.2) is 0 Å². The first-order chi connectivity index (χ1) is 7.19. The van der Waals surface area contributed by atoms with E-state index >= 15 is 0 Å². The van der Waals surface area contributed by atoms with Crippen LogP contribution in [0.25, 0.3) is 0 Å². The van der Waals surface area contributed by atoms with Gasteiger partial charge in [0.25, 0.3) is 0 Å². The highest BCUT2D eigenvalue weighted by molar-refractivity contribution is 6.32. The highest BCUT2D eigenvalue weighted by Gasteiger charge is 2.39. The van der Waals surface area contributed by atoms with E-state index in [9.17, 15) is 0 Å². The minimum atomic E-state index is -0.649. The second kappa shape index (κ2) is 4.05. The smallest absolute Gasteiger partial charge is 0.146 e. The third kappa shape index (κ3) is 1.73. The van der Waals surface area contributed by atoms with Crippen LogP contribution in [-0.4, -0.2) is 17.5 Å². The van der Waals surface area contributed by atoms with Crippen molar-refractivity contribution in [2.45, 2.75) is 11.0 Å². The SMILES string of the molecule is COC1(c2ccc[nH]2)C=CC(Cl)=CC1Cl. The van der Waals surface area contributed by atoms with Gasteiger partial charge in [0.05, 0.1) is 11.1 Å². The fourth-order valence-electron chi connectivity index (χ4n) is 1.72. The molecule has 1 aromatic heterocycles. The number of allylic oxidation sites excluding steroid dienone is 2. The number of hydrogen-bond donors (Lipinski definition) is 1. The van der Waals surface area contributed by atoms with Crippen molar-refractivity contribution in [3.63, 3.8) is 0 Å². The Morgan fingerprint density at radius 2 is 2.33 bits per heavy atom. The lowest BCUT2D eigenvalue weighted by atomic mass is 9.91. The summed E-state index contributed by atoms with van der Waals surface area (Å²) in [6, 6.07) is 3.85. The van der Waals surface area contributed by atoms with Crippen LogP contribution in [0.4, 0.5) is 0 Å². The van der Waals surface area contributed by atoms with Crippen molar-refractivity contribution >= 4 is 23.2 Å². The topological polar surface area (TPSA) is 25.0 Å². The molecule has 1 aliphatic carbocycles. The summed E-state index contributed by atoms with van der Waals surface area (Å²) in [5.74, 6) is 0. The largest absolute Gasteiger partial charge is 0.366 e. The normalized spacial score (nSPS) is 30.3. The lowest BCUT2D eigenvalue weighted by molar-refractivity contribution is 0.0304. The number of methoxy groups -OCH3 is 1. The molecule has 80 valence electrons. The zero-order chi connectivity index (χ0) is 10.9. The molecule has 2 rings (SSSR count). The van der Waals surface area contributed by atoms with Crippen LogP contribution in [0.3, 0.4) is 0 Å². The fourth-order valence-corrected chi connectivity index (χ4v) is 2.39. The van der Waals surface area contributed by atoms with Crippen molar-refractivity contribution in [1.29, 1.82) is 0 Å². The molecule has 1 N–H and O–H groups in total. The van der Waals surface area contributed by atoms with Crippen LogP contribution < -0.4 is 0 Å². The number of H-pyrrole nitrogens is 1. The maximum absolute atomic E-state index is 6.27. The van der Waals surface area contributed by atoms with Gasteiger partial charge in [0, 0.05) is 18.3 Å². The summed E-state index contributed by atoms with van der Waals surface area (Å²) in [5, 5.41) is 0.313. The van der Waals surface area contributed by atoms with E-state index < -0.39 is 5.60 Å². The van der Waals surface area contributed by atoms with Gasteiger partial charge in [-0.2, -0.15) is 0 Å². The van der Waals surface area contributed by atoms with Crippen molar-refractivity contribution in [2.24, 2.45) is 0 Å². The molecule has 2 unspecified atom stereocenters. The molecule has 0 aromatic carbocycles. The Bertz CT molecular complexity index is 397. The molecule has 15 heavy (non-hydrogen) atoms. The minimum Gasteiger partial charge on any atom is -0.366 e. The quantitative estimate of drug-likeness (QED) is 0.794. The molecule has 4 heteroatoms. The second-order valence-corrected chi connectivity index (χ2v) is 4.27. The number of ether oxygens (including phenoxy) is 1. The number of rotatable bonds is 2. The Labute approximate surface area is 98.5 Å². The Balaban J connectivity index is 2.44. The number of aromatic amines is 1. The summed E-state index contributed by atoms with van der Waals surface area (Å²) < 4.78 is 5.53. The van der Waals surface area contributed by atoms with Crippen molar-refractivity contribution < 1.29 is 4.74 Å². The third-order valence-corrected chi connectivity index (χ3v) is 3.26. The molecule has 0 amide bonds. The molecule has 1 aromatic rings. The van der Waals surface area contributed by atoms with Gasteiger partial charge in [-0.25, -0.2) is 0 Å². The van der Waals surface area contributed by atoms with Crippen LogP contribution >= 0.6 is 23.2 Å². The van der Waals surface area contributed by atoms with Crippen molar-refractivity contribution in [2.75, 3.05) is 7.11 Å². The van der Waals surface area contributed by atoms with Gasteiger partial charge in [-0.3, -0.25) is 0 Å². The van der Waals surface area contributed by atoms with Crippen LogP contribution in [0.1, 0.15) is 5.69 Å². The van der Waals surface area contributed by atoms with Crippen molar-refractivity contribution in [3.05, 3.63) is 47.3 Å². The van der Waals surface area contributed by atoms with E-state index in [-0.39, 0.29) is 5.38 Å². The van der Waals surface area contributed by atoms with Crippen LogP contribution in [0, 0.1) is 0 Å². The average Bonchev–Trinajstić information content (AvgIpc) is 2.72. The molecule has 1 heterocycles. The first-order valence-electron chi connectivity index (χ1n) is 4.58. The standard InChI is InChI=1S/C11H11Cl2NO/c1-15-11(10-3-2-6-14-10)5-4-8(12)7-9(11)13/h2-7,9,14H,1H3. The number of halogens is 2. The highest BCUT2D eigenvalue weighted by Crippen LogP contribution is 2.38. The van der Waals surface area contributed by atoms with E-state index in [0.29, 0.717) is 5.03 Å². The number of nitrogens with one attached hydrogen (secondary N) is 1. The summed E-state index contributed by atoms with van der Waals surface area (Å²) in [7, 11) is 1.63. The molecule has 0 saturated heterocycles. The molecule has 1 aliphatic rings. The van der Waals surface area contributed by atoms with Gasteiger partial charge in [-0.15, -0.1) is 11.6 Å². The molecule has 0 fully saturated rings. The first-order valence-corrected chi connectivity index (χ1v) is 5.40. The monoisotopic (exact) mass is 243 g/mol.